The normalized spacial score (nSPS) is 13.2. The van der Waals surface area contributed by atoms with Gasteiger partial charge in [-0.25, -0.2) is 9.59 Å². The Labute approximate surface area is 196 Å². The van der Waals surface area contributed by atoms with Gasteiger partial charge in [0.2, 0.25) is 0 Å². The molecule has 4 heteroatoms. The third kappa shape index (κ3) is 11.2. The number of hydrogen-bond acceptors (Lipinski definition) is 4. The maximum Gasteiger partial charge on any atom is 0.339 e. The van der Waals surface area contributed by atoms with Crippen LogP contribution in [0.1, 0.15) is 126 Å². The van der Waals surface area contributed by atoms with Crippen LogP contribution >= 0.6 is 0 Å². The summed E-state index contributed by atoms with van der Waals surface area (Å²) in [6.45, 7) is 13.0. The van der Waals surface area contributed by atoms with E-state index in [2.05, 4.69) is 41.5 Å². The summed E-state index contributed by atoms with van der Waals surface area (Å²) in [5.74, 6) is 0.279. The first-order valence-corrected chi connectivity index (χ1v) is 12.8. The van der Waals surface area contributed by atoms with E-state index in [4.69, 9.17) is 9.47 Å². The van der Waals surface area contributed by atoms with Crippen molar-refractivity contribution in [3.8, 4) is 0 Å². The highest BCUT2D eigenvalue weighted by Crippen LogP contribution is 2.21. The molecule has 4 nitrogen and oxygen atoms in total. The number of carbonyl (C=O) groups is 2. The third-order valence-corrected chi connectivity index (χ3v) is 5.81. The van der Waals surface area contributed by atoms with Gasteiger partial charge < -0.3 is 9.47 Å². The Morgan fingerprint density at radius 3 is 1.34 bits per heavy atom. The van der Waals surface area contributed by atoms with E-state index in [0.717, 1.165) is 64.2 Å². The molecule has 0 aliphatic carbocycles. The summed E-state index contributed by atoms with van der Waals surface area (Å²) < 4.78 is 11.8. The van der Waals surface area contributed by atoms with Gasteiger partial charge in [0.25, 0.3) is 0 Å². The highest BCUT2D eigenvalue weighted by molar-refractivity contribution is 6.03. The highest BCUT2D eigenvalue weighted by atomic mass is 16.5. The highest BCUT2D eigenvalue weighted by Gasteiger charge is 2.24. The molecule has 0 amide bonds. The predicted molar refractivity (Wildman–Crippen MR) is 132 cm³/mol. The molecular weight excluding hydrogens is 400 g/mol. The molecule has 0 heterocycles. The molecule has 0 radical (unpaired) electrons. The van der Waals surface area contributed by atoms with Crippen LogP contribution in [0.3, 0.4) is 0 Å². The molecule has 0 bridgehead atoms. The van der Waals surface area contributed by atoms with E-state index in [-0.39, 0.29) is 12.2 Å². The van der Waals surface area contributed by atoms with Crippen LogP contribution in [0.5, 0.6) is 0 Å². The van der Waals surface area contributed by atoms with Crippen molar-refractivity contribution in [2.24, 2.45) is 11.8 Å². The number of carbonyl (C=O) groups excluding carboxylic acids is 2. The van der Waals surface area contributed by atoms with Crippen LogP contribution in [0.4, 0.5) is 0 Å². The molecule has 0 N–H and O–H groups in total. The molecule has 1 aromatic rings. The fraction of sp³-hybridized carbons (Fsp3) is 0.714. The molecule has 32 heavy (non-hydrogen) atoms. The summed E-state index contributed by atoms with van der Waals surface area (Å²) in [6, 6.07) is 6.90. The van der Waals surface area contributed by atoms with Crippen LogP contribution in [0.2, 0.25) is 0 Å². The zero-order chi connectivity index (χ0) is 23.9. The summed E-state index contributed by atoms with van der Waals surface area (Å²) in [6.07, 6.45) is 9.39. The Balaban J connectivity index is 2.92. The third-order valence-electron chi connectivity index (χ3n) is 5.81. The zero-order valence-electron chi connectivity index (χ0n) is 21.3. The fourth-order valence-electron chi connectivity index (χ4n) is 3.70. The average molecular weight is 447 g/mol. The molecule has 0 spiro atoms. The van der Waals surface area contributed by atoms with Crippen LogP contribution in [-0.4, -0.2) is 24.1 Å². The lowest BCUT2D eigenvalue weighted by atomic mass is 10.0. The van der Waals surface area contributed by atoms with Crippen molar-refractivity contribution in [2.75, 3.05) is 0 Å². The van der Waals surface area contributed by atoms with E-state index < -0.39 is 11.9 Å². The predicted octanol–water partition coefficient (Wildman–Crippen LogP) is 7.99. The van der Waals surface area contributed by atoms with E-state index in [1.165, 1.54) is 0 Å². The minimum atomic E-state index is -0.422. The van der Waals surface area contributed by atoms with Crippen molar-refractivity contribution in [1.82, 2.24) is 0 Å². The maximum atomic E-state index is 13.0. The second kappa shape index (κ2) is 15.9. The van der Waals surface area contributed by atoms with Gasteiger partial charge in [0.05, 0.1) is 11.1 Å². The van der Waals surface area contributed by atoms with Crippen molar-refractivity contribution in [3.05, 3.63) is 35.4 Å². The van der Waals surface area contributed by atoms with Gasteiger partial charge >= 0.3 is 11.9 Å². The molecule has 0 fully saturated rings. The van der Waals surface area contributed by atoms with Gasteiger partial charge in [0.15, 0.2) is 0 Å². The Hall–Kier alpha value is -1.84. The molecule has 0 saturated heterocycles. The largest absolute Gasteiger partial charge is 0.459 e. The van der Waals surface area contributed by atoms with E-state index >= 15 is 0 Å². The maximum absolute atomic E-state index is 13.0. The minimum absolute atomic E-state index is 0.114. The van der Waals surface area contributed by atoms with Crippen LogP contribution < -0.4 is 0 Å². The second-order valence-corrected chi connectivity index (χ2v) is 9.83. The topological polar surface area (TPSA) is 52.6 Å². The van der Waals surface area contributed by atoms with Crippen LogP contribution in [0.25, 0.3) is 0 Å². The molecule has 2 unspecified atom stereocenters. The molecule has 1 rings (SSSR count). The Bertz CT molecular complexity index is 608. The molecule has 2 atom stereocenters. The van der Waals surface area contributed by atoms with Crippen LogP contribution in [0.15, 0.2) is 24.3 Å². The lowest BCUT2D eigenvalue weighted by Gasteiger charge is -2.21. The summed E-state index contributed by atoms with van der Waals surface area (Å²) in [7, 11) is 0. The Kier molecular flexibility index (Phi) is 14.0. The average Bonchev–Trinajstić information content (AvgIpc) is 2.76. The lowest BCUT2D eigenvalue weighted by molar-refractivity contribution is 0.0196. The van der Waals surface area contributed by atoms with Gasteiger partial charge in [-0.1, -0.05) is 79.4 Å². The van der Waals surface area contributed by atoms with Gasteiger partial charge in [-0.05, 0) is 62.5 Å². The Morgan fingerprint density at radius 2 is 1.03 bits per heavy atom. The van der Waals surface area contributed by atoms with E-state index in [9.17, 15) is 9.59 Å². The van der Waals surface area contributed by atoms with E-state index in [1.807, 2.05) is 0 Å². The molecule has 182 valence electrons. The quantitative estimate of drug-likeness (QED) is 0.241. The van der Waals surface area contributed by atoms with Crippen molar-refractivity contribution < 1.29 is 19.1 Å². The number of rotatable bonds is 16. The van der Waals surface area contributed by atoms with Crippen molar-refractivity contribution in [3.63, 3.8) is 0 Å². The smallest absolute Gasteiger partial charge is 0.339 e. The van der Waals surface area contributed by atoms with Gasteiger partial charge in [0, 0.05) is 0 Å². The molecule has 1 aromatic carbocycles. The number of benzene rings is 1. The first-order valence-electron chi connectivity index (χ1n) is 12.8. The van der Waals surface area contributed by atoms with Crippen molar-refractivity contribution in [2.45, 2.75) is 118 Å². The van der Waals surface area contributed by atoms with Gasteiger partial charge in [0.1, 0.15) is 12.2 Å². The van der Waals surface area contributed by atoms with Crippen molar-refractivity contribution >= 4 is 11.9 Å². The lowest BCUT2D eigenvalue weighted by Crippen LogP contribution is -2.23. The monoisotopic (exact) mass is 446 g/mol. The van der Waals surface area contributed by atoms with Gasteiger partial charge in [-0.15, -0.1) is 0 Å². The molecule has 0 saturated carbocycles. The summed E-state index contributed by atoms with van der Waals surface area (Å²) >= 11 is 0. The van der Waals surface area contributed by atoms with Crippen molar-refractivity contribution in [1.29, 1.82) is 0 Å². The van der Waals surface area contributed by atoms with Gasteiger partial charge in [-0.2, -0.15) is 0 Å². The molecule has 0 aliphatic heterocycles. The summed E-state index contributed by atoms with van der Waals surface area (Å²) in [5, 5.41) is 0. The Morgan fingerprint density at radius 1 is 0.656 bits per heavy atom. The first kappa shape index (κ1) is 28.2. The van der Waals surface area contributed by atoms with Crippen LogP contribution in [-0.2, 0) is 9.47 Å². The summed E-state index contributed by atoms with van der Waals surface area (Å²) in [4.78, 5) is 26.1. The zero-order valence-corrected chi connectivity index (χ0v) is 21.3. The molecule has 0 aliphatic rings. The number of esters is 2. The summed E-state index contributed by atoms with van der Waals surface area (Å²) in [5.41, 5.74) is 0.614. The molecule has 0 aromatic heterocycles. The minimum Gasteiger partial charge on any atom is -0.459 e. The fourth-order valence-corrected chi connectivity index (χ4v) is 3.70. The SMILES string of the molecule is CCCCC(CCC(C)C)OC(=O)c1ccccc1C(=O)OC(CCCC)CCC(C)C. The number of hydrogen-bond donors (Lipinski definition) is 0. The second-order valence-electron chi connectivity index (χ2n) is 9.83. The van der Waals surface area contributed by atoms with Crippen LogP contribution in [0, 0.1) is 11.8 Å². The standard InChI is InChI=1S/C28H46O4/c1-7-9-13-23(19-17-21(3)4)31-27(29)25-15-11-12-16-26(25)28(30)32-24(14-10-8-2)20-18-22(5)6/h11-12,15-16,21-24H,7-10,13-14,17-20H2,1-6H3. The van der Waals surface area contributed by atoms with E-state index in [0.29, 0.717) is 23.0 Å². The number of ether oxygens (including phenoxy) is 2. The number of unbranched alkanes of at least 4 members (excludes halogenated alkanes) is 2. The van der Waals surface area contributed by atoms with Gasteiger partial charge in [-0.3, -0.25) is 0 Å². The molecular formula is C28H46O4. The van der Waals surface area contributed by atoms with E-state index in [1.54, 1.807) is 24.3 Å². The first-order chi connectivity index (χ1) is 15.3.